The fourth-order valence-electron chi connectivity index (χ4n) is 4.19. The number of carbonyl (C=O) groups excluding carboxylic acids is 1. The number of ether oxygens (including phenoxy) is 1. The summed E-state index contributed by atoms with van der Waals surface area (Å²) in [6.45, 7) is 0.866. The molecular formula is C24H35N3O8S. The lowest BCUT2D eigenvalue weighted by Gasteiger charge is -2.40. The van der Waals surface area contributed by atoms with Gasteiger partial charge in [-0.05, 0) is 50.8 Å². The molecule has 0 aliphatic carbocycles. The van der Waals surface area contributed by atoms with Gasteiger partial charge in [-0.2, -0.15) is 0 Å². The molecule has 12 heteroatoms. The van der Waals surface area contributed by atoms with Gasteiger partial charge in [0.2, 0.25) is 5.91 Å². The fourth-order valence-corrected chi connectivity index (χ4v) is 5.18. The number of aliphatic hydroxyl groups is 6. The van der Waals surface area contributed by atoms with Crippen LogP contribution in [0, 0.1) is 0 Å². The van der Waals surface area contributed by atoms with E-state index in [-0.39, 0.29) is 25.2 Å². The average molecular weight is 526 g/mol. The highest BCUT2D eigenvalue weighted by Crippen LogP contribution is 2.27. The lowest BCUT2D eigenvalue weighted by atomic mass is 9.90. The van der Waals surface area contributed by atoms with Crippen molar-refractivity contribution in [2.45, 2.75) is 87.8 Å². The summed E-state index contributed by atoms with van der Waals surface area (Å²) >= 11 is 1.56. The van der Waals surface area contributed by atoms with Crippen LogP contribution in [0.5, 0.6) is 0 Å². The van der Waals surface area contributed by atoms with Crippen LogP contribution < -0.4 is 5.32 Å². The maximum absolute atomic E-state index is 12.6. The molecule has 36 heavy (non-hydrogen) atoms. The highest BCUT2D eigenvalue weighted by Gasteiger charge is 2.43. The van der Waals surface area contributed by atoms with Crippen LogP contribution in [0.3, 0.4) is 0 Å². The third-order valence-corrected chi connectivity index (χ3v) is 7.42. The molecule has 2 aromatic rings. The second-order valence-corrected chi connectivity index (χ2v) is 10.2. The van der Waals surface area contributed by atoms with Crippen LogP contribution in [0.25, 0.3) is 10.7 Å². The van der Waals surface area contributed by atoms with E-state index in [0.717, 1.165) is 9.75 Å². The van der Waals surface area contributed by atoms with Crippen LogP contribution in [0.1, 0.15) is 37.5 Å². The molecule has 1 aliphatic heterocycles. The molecule has 0 bridgehead atoms. The molecule has 8 unspecified atom stereocenters. The Hall–Kier alpha value is -2.03. The van der Waals surface area contributed by atoms with Crippen LogP contribution in [0.15, 0.2) is 30.6 Å². The minimum atomic E-state index is -1.50. The molecule has 1 saturated heterocycles. The summed E-state index contributed by atoms with van der Waals surface area (Å²) < 4.78 is 5.50. The Morgan fingerprint density at radius 1 is 1.11 bits per heavy atom. The molecule has 8 atom stereocenters. The molecule has 0 aromatic carbocycles. The molecule has 2 aromatic heterocycles. The zero-order chi connectivity index (χ0) is 26.2. The van der Waals surface area contributed by atoms with Gasteiger partial charge in [0.25, 0.3) is 0 Å². The normalized spacial score (nSPS) is 26.8. The number of carbonyl (C=O) groups is 1. The Bertz CT molecular complexity index is 944. The van der Waals surface area contributed by atoms with E-state index in [1.165, 1.54) is 6.92 Å². The van der Waals surface area contributed by atoms with Gasteiger partial charge in [0.15, 0.2) is 5.82 Å². The summed E-state index contributed by atoms with van der Waals surface area (Å²) in [5.41, 5.74) is 0. The zero-order valence-electron chi connectivity index (χ0n) is 20.1. The van der Waals surface area contributed by atoms with E-state index in [1.54, 1.807) is 29.8 Å². The predicted octanol–water partition coefficient (Wildman–Crippen LogP) is -0.623. The first-order valence-corrected chi connectivity index (χ1v) is 12.8. The maximum Gasteiger partial charge on any atom is 0.220 e. The Morgan fingerprint density at radius 2 is 1.81 bits per heavy atom. The molecule has 3 heterocycles. The molecule has 1 fully saturated rings. The number of aryl methyl sites for hydroxylation is 1. The number of rotatable bonds is 12. The third kappa shape index (κ3) is 7.49. The average Bonchev–Trinajstić information content (AvgIpc) is 3.35. The van der Waals surface area contributed by atoms with Crippen molar-refractivity contribution in [1.29, 1.82) is 0 Å². The van der Waals surface area contributed by atoms with Gasteiger partial charge in [0.05, 0.1) is 35.8 Å². The SMILES string of the molecule is CC(O)C(O)C(CCC1OC(CO)C(O)C(O)C1O)NC(=O)CCCc1ccc(-c2ncccn2)s1. The quantitative estimate of drug-likeness (QED) is 0.188. The summed E-state index contributed by atoms with van der Waals surface area (Å²) in [6, 6.07) is 4.86. The van der Waals surface area contributed by atoms with Gasteiger partial charge in [-0.15, -0.1) is 11.3 Å². The number of aliphatic hydroxyl groups excluding tert-OH is 6. The van der Waals surface area contributed by atoms with Crippen LogP contribution in [-0.2, 0) is 16.0 Å². The van der Waals surface area contributed by atoms with Crippen LogP contribution in [-0.4, -0.2) is 102 Å². The molecule has 0 spiro atoms. The molecule has 1 aliphatic rings. The van der Waals surface area contributed by atoms with Crippen molar-refractivity contribution in [3.05, 3.63) is 35.5 Å². The monoisotopic (exact) mass is 525 g/mol. The number of thiophene rings is 1. The van der Waals surface area contributed by atoms with Gasteiger partial charge in [0, 0.05) is 23.7 Å². The second-order valence-electron chi connectivity index (χ2n) is 9.04. The Labute approximate surface area is 213 Å². The van der Waals surface area contributed by atoms with E-state index in [0.29, 0.717) is 18.7 Å². The molecular weight excluding hydrogens is 490 g/mol. The van der Waals surface area contributed by atoms with Gasteiger partial charge in [-0.1, -0.05) is 0 Å². The Morgan fingerprint density at radius 3 is 2.47 bits per heavy atom. The molecule has 0 radical (unpaired) electrons. The number of amides is 1. The maximum atomic E-state index is 12.6. The number of nitrogens with one attached hydrogen (secondary N) is 1. The van der Waals surface area contributed by atoms with Crippen LogP contribution in [0.4, 0.5) is 0 Å². The first-order valence-electron chi connectivity index (χ1n) is 12.0. The van der Waals surface area contributed by atoms with Crippen molar-refractivity contribution < 1.29 is 40.2 Å². The molecule has 200 valence electrons. The van der Waals surface area contributed by atoms with Crippen molar-refractivity contribution in [2.24, 2.45) is 0 Å². The molecule has 11 nitrogen and oxygen atoms in total. The fraction of sp³-hybridized carbons (Fsp3) is 0.625. The number of hydrogen-bond acceptors (Lipinski definition) is 11. The lowest BCUT2D eigenvalue weighted by Crippen LogP contribution is -2.58. The standard InChI is InChI=1S/C24H35N3O8S/c1-13(29)20(31)15(7-8-16-21(32)23(34)22(33)17(12-28)35-16)27-19(30)5-2-4-14-6-9-18(36-14)24-25-10-3-11-26-24/h3,6,9-11,13,15-17,20-23,28-29,31-34H,2,4-5,7-8,12H2,1H3,(H,27,30). The highest BCUT2D eigenvalue weighted by atomic mass is 32.1. The summed E-state index contributed by atoms with van der Waals surface area (Å²) in [5, 5.41) is 62.5. The van der Waals surface area contributed by atoms with E-state index in [9.17, 15) is 35.4 Å². The van der Waals surface area contributed by atoms with E-state index >= 15 is 0 Å². The molecule has 3 rings (SSSR count). The minimum absolute atomic E-state index is 0.107. The molecule has 1 amide bonds. The smallest absolute Gasteiger partial charge is 0.220 e. The third-order valence-electron chi connectivity index (χ3n) is 6.28. The van der Waals surface area contributed by atoms with Gasteiger partial charge in [0.1, 0.15) is 24.4 Å². The molecule has 7 N–H and O–H groups in total. The lowest BCUT2D eigenvalue weighted by molar-refractivity contribution is -0.231. The predicted molar refractivity (Wildman–Crippen MR) is 131 cm³/mol. The Kier molecular flexibility index (Phi) is 10.7. The van der Waals surface area contributed by atoms with Gasteiger partial charge >= 0.3 is 0 Å². The van der Waals surface area contributed by atoms with Gasteiger partial charge in [-0.3, -0.25) is 4.79 Å². The number of aromatic nitrogens is 2. The second kappa shape index (κ2) is 13.5. The van der Waals surface area contributed by atoms with Crippen molar-refractivity contribution in [2.75, 3.05) is 6.61 Å². The van der Waals surface area contributed by atoms with E-state index in [1.807, 2.05) is 12.1 Å². The van der Waals surface area contributed by atoms with Crippen molar-refractivity contribution >= 4 is 17.2 Å². The molecule has 0 saturated carbocycles. The first-order chi connectivity index (χ1) is 17.2. The van der Waals surface area contributed by atoms with Crippen molar-refractivity contribution in [3.8, 4) is 10.7 Å². The van der Waals surface area contributed by atoms with Gasteiger partial charge < -0.3 is 40.7 Å². The van der Waals surface area contributed by atoms with Crippen LogP contribution >= 0.6 is 11.3 Å². The largest absolute Gasteiger partial charge is 0.394 e. The van der Waals surface area contributed by atoms with E-state index < -0.39 is 55.4 Å². The summed E-state index contributed by atoms with van der Waals surface area (Å²) in [4.78, 5) is 23.1. The summed E-state index contributed by atoms with van der Waals surface area (Å²) in [7, 11) is 0. The number of hydrogen-bond donors (Lipinski definition) is 7. The van der Waals surface area contributed by atoms with Crippen molar-refractivity contribution in [1.82, 2.24) is 15.3 Å². The highest BCUT2D eigenvalue weighted by molar-refractivity contribution is 7.15. The van der Waals surface area contributed by atoms with Gasteiger partial charge in [-0.25, -0.2) is 9.97 Å². The zero-order valence-corrected chi connectivity index (χ0v) is 20.9. The van der Waals surface area contributed by atoms with Crippen LogP contribution in [0.2, 0.25) is 0 Å². The topological polar surface area (TPSA) is 185 Å². The first kappa shape index (κ1) is 28.5. The Balaban J connectivity index is 1.51. The minimum Gasteiger partial charge on any atom is -0.394 e. The number of nitrogens with zero attached hydrogens (tertiary/aromatic N) is 2. The summed E-state index contributed by atoms with van der Waals surface area (Å²) in [6.07, 6.45) is -3.63. The van der Waals surface area contributed by atoms with E-state index in [4.69, 9.17) is 4.74 Å². The van der Waals surface area contributed by atoms with E-state index in [2.05, 4.69) is 15.3 Å². The van der Waals surface area contributed by atoms with Crippen molar-refractivity contribution in [3.63, 3.8) is 0 Å². The summed E-state index contributed by atoms with van der Waals surface area (Å²) in [5.74, 6) is 0.359.